The van der Waals surface area contributed by atoms with Crippen molar-refractivity contribution < 1.29 is 4.79 Å². The van der Waals surface area contributed by atoms with Gasteiger partial charge in [-0.05, 0) is 18.8 Å². The van der Waals surface area contributed by atoms with E-state index in [1.165, 1.54) is 0 Å². The van der Waals surface area contributed by atoms with E-state index in [1.54, 1.807) is 0 Å². The van der Waals surface area contributed by atoms with Gasteiger partial charge in [0.15, 0.2) is 0 Å². The molecule has 2 nitrogen and oxygen atoms in total. The van der Waals surface area contributed by atoms with E-state index in [0.29, 0.717) is 12.0 Å². The van der Waals surface area contributed by atoms with Gasteiger partial charge in [0.05, 0.1) is 4.83 Å². The number of carbonyl (C=O) groups is 1. The largest absolute Gasteiger partial charge is 0.352 e. The minimum Gasteiger partial charge on any atom is -0.352 e. The average Bonchev–Trinajstić information content (AvgIpc) is 2.11. The minimum absolute atomic E-state index is 0.0414. The summed E-state index contributed by atoms with van der Waals surface area (Å²) < 4.78 is 0. The second-order valence-electron chi connectivity index (χ2n) is 3.64. The summed E-state index contributed by atoms with van der Waals surface area (Å²) in [7, 11) is 0. The number of amides is 1. The smallest absolute Gasteiger partial charge is 0.233 e. The van der Waals surface area contributed by atoms with Crippen LogP contribution in [0.2, 0.25) is 0 Å². The van der Waals surface area contributed by atoms with Crippen molar-refractivity contribution in [3.8, 4) is 0 Å². The van der Waals surface area contributed by atoms with Crippen LogP contribution in [0.15, 0.2) is 0 Å². The molecule has 1 N–H and O–H groups in total. The standard InChI is InChI=1S/C10H20BrNO/c1-5-8(11)10(13)12-9(6-2)7(3)4/h7-9H,5-6H2,1-4H3,(H,12,13). The van der Waals surface area contributed by atoms with E-state index >= 15 is 0 Å². The molecule has 0 spiro atoms. The first-order valence-corrected chi connectivity index (χ1v) is 5.88. The first-order chi connectivity index (χ1) is 6.02. The third-order valence-electron chi connectivity index (χ3n) is 2.22. The van der Waals surface area contributed by atoms with Gasteiger partial charge in [-0.15, -0.1) is 0 Å². The van der Waals surface area contributed by atoms with Gasteiger partial charge in [0, 0.05) is 6.04 Å². The molecule has 1 amide bonds. The molecule has 2 atom stereocenters. The molecule has 3 heteroatoms. The van der Waals surface area contributed by atoms with Gasteiger partial charge in [0.1, 0.15) is 0 Å². The van der Waals surface area contributed by atoms with Gasteiger partial charge in [-0.1, -0.05) is 43.6 Å². The summed E-state index contributed by atoms with van der Waals surface area (Å²) in [5, 5.41) is 3.03. The van der Waals surface area contributed by atoms with Gasteiger partial charge in [-0.3, -0.25) is 4.79 Å². The number of carbonyl (C=O) groups excluding carboxylic acids is 1. The van der Waals surface area contributed by atoms with E-state index in [1.807, 2.05) is 6.92 Å². The Balaban J connectivity index is 4.01. The molecule has 0 aromatic heterocycles. The highest BCUT2D eigenvalue weighted by Crippen LogP contribution is 2.09. The maximum absolute atomic E-state index is 11.5. The van der Waals surface area contributed by atoms with E-state index in [4.69, 9.17) is 0 Å². The van der Waals surface area contributed by atoms with Crippen molar-refractivity contribution in [2.45, 2.75) is 51.4 Å². The zero-order valence-corrected chi connectivity index (χ0v) is 10.5. The van der Waals surface area contributed by atoms with Crippen LogP contribution in [-0.2, 0) is 4.79 Å². The highest BCUT2D eigenvalue weighted by atomic mass is 79.9. The molecule has 0 heterocycles. The van der Waals surface area contributed by atoms with Crippen LogP contribution in [0.4, 0.5) is 0 Å². The SMILES string of the molecule is CCC(Br)C(=O)NC(CC)C(C)C. The van der Waals surface area contributed by atoms with E-state index in [0.717, 1.165) is 12.8 Å². The summed E-state index contributed by atoms with van der Waals surface area (Å²) in [6.45, 7) is 8.35. The fourth-order valence-corrected chi connectivity index (χ4v) is 1.33. The van der Waals surface area contributed by atoms with Crippen molar-refractivity contribution >= 4 is 21.8 Å². The lowest BCUT2D eigenvalue weighted by molar-refractivity contribution is -0.121. The Morgan fingerprint density at radius 1 is 1.31 bits per heavy atom. The number of halogens is 1. The molecule has 78 valence electrons. The third-order valence-corrected chi connectivity index (χ3v) is 3.28. The predicted octanol–water partition coefficient (Wildman–Crippen LogP) is 2.71. The number of hydrogen-bond donors (Lipinski definition) is 1. The first kappa shape index (κ1) is 12.9. The molecule has 0 aliphatic rings. The van der Waals surface area contributed by atoms with Crippen molar-refractivity contribution in [2.75, 3.05) is 0 Å². The van der Waals surface area contributed by atoms with Crippen molar-refractivity contribution in [3.05, 3.63) is 0 Å². The van der Waals surface area contributed by atoms with Crippen molar-refractivity contribution in [2.24, 2.45) is 5.92 Å². The van der Waals surface area contributed by atoms with Crippen molar-refractivity contribution in [1.82, 2.24) is 5.32 Å². The summed E-state index contributed by atoms with van der Waals surface area (Å²) in [4.78, 5) is 11.4. The minimum atomic E-state index is -0.0414. The second-order valence-corrected chi connectivity index (χ2v) is 4.75. The molecule has 0 aromatic rings. The van der Waals surface area contributed by atoms with Crippen LogP contribution in [0.3, 0.4) is 0 Å². The van der Waals surface area contributed by atoms with Crippen LogP contribution in [0.1, 0.15) is 40.5 Å². The quantitative estimate of drug-likeness (QED) is 0.747. The van der Waals surface area contributed by atoms with Crippen LogP contribution in [0, 0.1) is 5.92 Å². The van der Waals surface area contributed by atoms with Gasteiger partial charge < -0.3 is 5.32 Å². The van der Waals surface area contributed by atoms with Crippen LogP contribution in [0.5, 0.6) is 0 Å². The molecule has 13 heavy (non-hydrogen) atoms. The van der Waals surface area contributed by atoms with Gasteiger partial charge in [-0.25, -0.2) is 0 Å². The number of nitrogens with one attached hydrogen (secondary N) is 1. The molecule has 0 saturated carbocycles. The highest BCUT2D eigenvalue weighted by Gasteiger charge is 2.18. The van der Waals surface area contributed by atoms with E-state index in [-0.39, 0.29) is 10.7 Å². The molecule has 0 rings (SSSR count). The van der Waals surface area contributed by atoms with Gasteiger partial charge >= 0.3 is 0 Å². The Kier molecular flexibility index (Phi) is 6.39. The fraction of sp³-hybridized carbons (Fsp3) is 0.900. The Morgan fingerprint density at radius 2 is 1.85 bits per heavy atom. The number of alkyl halides is 1. The van der Waals surface area contributed by atoms with Crippen molar-refractivity contribution in [3.63, 3.8) is 0 Å². The molecule has 0 aromatic carbocycles. The lowest BCUT2D eigenvalue weighted by atomic mass is 10.0. The Bertz CT molecular complexity index is 159. The molecule has 0 aliphatic carbocycles. The van der Waals surface area contributed by atoms with Gasteiger partial charge in [0.25, 0.3) is 0 Å². The maximum Gasteiger partial charge on any atom is 0.233 e. The fourth-order valence-electron chi connectivity index (χ4n) is 1.20. The predicted molar refractivity (Wildman–Crippen MR) is 60.1 cm³/mol. The van der Waals surface area contributed by atoms with Crippen LogP contribution >= 0.6 is 15.9 Å². The maximum atomic E-state index is 11.5. The molecule has 0 fully saturated rings. The normalized spacial score (nSPS) is 15.5. The van der Waals surface area contributed by atoms with Crippen LogP contribution in [-0.4, -0.2) is 16.8 Å². The third kappa shape index (κ3) is 4.65. The lowest BCUT2D eigenvalue weighted by Crippen LogP contribution is -2.41. The van der Waals surface area contributed by atoms with Crippen LogP contribution in [0.25, 0.3) is 0 Å². The Hall–Kier alpha value is -0.0500. The zero-order valence-electron chi connectivity index (χ0n) is 8.93. The molecule has 2 unspecified atom stereocenters. The molecular weight excluding hydrogens is 230 g/mol. The number of rotatable bonds is 5. The molecular formula is C10H20BrNO. The zero-order chi connectivity index (χ0) is 10.4. The summed E-state index contributed by atoms with van der Waals surface area (Å²) in [6, 6.07) is 0.305. The van der Waals surface area contributed by atoms with E-state index < -0.39 is 0 Å². The monoisotopic (exact) mass is 249 g/mol. The average molecular weight is 250 g/mol. The van der Waals surface area contributed by atoms with Gasteiger partial charge in [-0.2, -0.15) is 0 Å². The van der Waals surface area contributed by atoms with Crippen LogP contribution < -0.4 is 5.32 Å². The molecule has 0 saturated heterocycles. The Labute approximate surface area is 89.6 Å². The number of hydrogen-bond acceptors (Lipinski definition) is 1. The second kappa shape index (κ2) is 6.41. The highest BCUT2D eigenvalue weighted by molar-refractivity contribution is 9.10. The molecule has 0 bridgehead atoms. The lowest BCUT2D eigenvalue weighted by Gasteiger charge is -2.21. The molecule has 0 aliphatic heterocycles. The van der Waals surface area contributed by atoms with E-state index in [9.17, 15) is 4.79 Å². The van der Waals surface area contributed by atoms with Gasteiger partial charge in [0.2, 0.25) is 5.91 Å². The summed E-state index contributed by atoms with van der Waals surface area (Å²) in [5.41, 5.74) is 0. The molecule has 0 radical (unpaired) electrons. The van der Waals surface area contributed by atoms with Crippen molar-refractivity contribution in [1.29, 1.82) is 0 Å². The summed E-state index contributed by atoms with van der Waals surface area (Å²) >= 11 is 3.34. The Morgan fingerprint density at radius 3 is 2.15 bits per heavy atom. The summed E-state index contributed by atoms with van der Waals surface area (Å²) in [6.07, 6.45) is 1.83. The van der Waals surface area contributed by atoms with E-state index in [2.05, 4.69) is 42.0 Å². The topological polar surface area (TPSA) is 29.1 Å². The summed E-state index contributed by atoms with van der Waals surface area (Å²) in [5.74, 6) is 0.619. The first-order valence-electron chi connectivity index (χ1n) is 4.97.